The monoisotopic (exact) mass is 271 g/mol. The number of fused-ring (bicyclic) bond motifs is 1. The van der Waals surface area contributed by atoms with Crippen LogP contribution in [0.4, 0.5) is 0 Å². The van der Waals surface area contributed by atoms with Crippen molar-refractivity contribution < 1.29 is 9.53 Å². The highest BCUT2D eigenvalue weighted by molar-refractivity contribution is 5.93. The van der Waals surface area contributed by atoms with Gasteiger partial charge < -0.3 is 9.64 Å². The number of hydrogen-bond donors (Lipinski definition) is 0. The first-order valence-electron chi connectivity index (χ1n) is 6.90. The number of morpholine rings is 1. The van der Waals surface area contributed by atoms with E-state index in [1.807, 2.05) is 24.3 Å². The summed E-state index contributed by atoms with van der Waals surface area (Å²) >= 11 is 0. The average Bonchev–Trinajstić information content (AvgIpc) is 2.53. The summed E-state index contributed by atoms with van der Waals surface area (Å²) in [5.74, 6) is -0.0648. The predicted octanol–water partition coefficient (Wildman–Crippen LogP) is 1.88. The standard InChI is InChI=1S/C15H17N3O2/c1-2-11-10-18(7-8-20-11)15(19)14-9-16-12-5-3-4-6-13(12)17-14/h3-6,9,11H,2,7-8,10H2,1H3. The maximum Gasteiger partial charge on any atom is 0.274 e. The molecule has 1 saturated heterocycles. The summed E-state index contributed by atoms with van der Waals surface area (Å²) in [5, 5.41) is 0. The zero-order chi connectivity index (χ0) is 13.9. The van der Waals surface area contributed by atoms with E-state index in [0.29, 0.717) is 25.4 Å². The zero-order valence-corrected chi connectivity index (χ0v) is 11.5. The molecule has 2 aromatic rings. The van der Waals surface area contributed by atoms with E-state index < -0.39 is 0 Å². The number of carbonyl (C=O) groups excluding carboxylic acids is 1. The molecule has 0 N–H and O–H groups in total. The molecule has 1 aromatic carbocycles. The predicted molar refractivity (Wildman–Crippen MR) is 75.5 cm³/mol. The molecule has 1 aliphatic rings. The fraction of sp³-hybridized carbons (Fsp3) is 0.400. The normalized spacial score (nSPS) is 19.2. The van der Waals surface area contributed by atoms with E-state index in [2.05, 4.69) is 16.9 Å². The molecule has 1 atom stereocenters. The lowest BCUT2D eigenvalue weighted by Gasteiger charge is -2.32. The number of rotatable bonds is 2. The van der Waals surface area contributed by atoms with Gasteiger partial charge in [-0.1, -0.05) is 19.1 Å². The second kappa shape index (κ2) is 5.54. The summed E-state index contributed by atoms with van der Waals surface area (Å²) in [5.41, 5.74) is 1.96. The molecule has 1 unspecified atom stereocenters. The lowest BCUT2D eigenvalue weighted by Crippen LogP contribution is -2.45. The van der Waals surface area contributed by atoms with Gasteiger partial charge in [0.1, 0.15) is 5.69 Å². The van der Waals surface area contributed by atoms with Gasteiger partial charge >= 0.3 is 0 Å². The maximum atomic E-state index is 12.5. The van der Waals surface area contributed by atoms with Crippen molar-refractivity contribution in [1.82, 2.24) is 14.9 Å². The van der Waals surface area contributed by atoms with Gasteiger partial charge in [-0.3, -0.25) is 9.78 Å². The van der Waals surface area contributed by atoms with Crippen molar-refractivity contribution in [3.8, 4) is 0 Å². The Balaban J connectivity index is 1.84. The van der Waals surface area contributed by atoms with Crippen molar-refractivity contribution in [1.29, 1.82) is 0 Å². The quantitative estimate of drug-likeness (QED) is 0.837. The number of aromatic nitrogens is 2. The summed E-state index contributed by atoms with van der Waals surface area (Å²) in [6.45, 7) is 3.90. The van der Waals surface area contributed by atoms with Crippen molar-refractivity contribution in [3.05, 3.63) is 36.2 Å². The first kappa shape index (κ1) is 13.0. The van der Waals surface area contributed by atoms with Gasteiger partial charge in [0.25, 0.3) is 5.91 Å². The van der Waals surface area contributed by atoms with Crippen LogP contribution in [0.15, 0.2) is 30.5 Å². The molecule has 1 fully saturated rings. The Labute approximate surface area is 117 Å². The van der Waals surface area contributed by atoms with Gasteiger partial charge in [-0.05, 0) is 18.6 Å². The maximum absolute atomic E-state index is 12.5. The highest BCUT2D eigenvalue weighted by Crippen LogP contribution is 2.13. The third-order valence-electron chi connectivity index (χ3n) is 3.55. The van der Waals surface area contributed by atoms with Crippen LogP contribution in [0, 0.1) is 0 Å². The van der Waals surface area contributed by atoms with E-state index in [9.17, 15) is 4.79 Å². The molecule has 1 aliphatic heterocycles. The minimum Gasteiger partial charge on any atom is -0.375 e. The molecular weight excluding hydrogens is 254 g/mol. The smallest absolute Gasteiger partial charge is 0.274 e. The summed E-state index contributed by atoms with van der Waals surface area (Å²) in [4.78, 5) is 23.0. The van der Waals surface area contributed by atoms with Gasteiger partial charge in [0, 0.05) is 13.1 Å². The first-order chi connectivity index (χ1) is 9.78. The molecule has 1 amide bonds. The highest BCUT2D eigenvalue weighted by Gasteiger charge is 2.25. The fourth-order valence-corrected chi connectivity index (χ4v) is 2.37. The molecule has 3 rings (SSSR count). The van der Waals surface area contributed by atoms with Crippen LogP contribution in [0.25, 0.3) is 11.0 Å². The number of para-hydroxylation sites is 2. The summed E-state index contributed by atoms with van der Waals surface area (Å²) in [6.07, 6.45) is 2.59. The van der Waals surface area contributed by atoms with E-state index in [-0.39, 0.29) is 12.0 Å². The minimum absolute atomic E-state index is 0.0648. The number of ether oxygens (including phenoxy) is 1. The lowest BCUT2D eigenvalue weighted by molar-refractivity contribution is -0.0228. The number of amides is 1. The topological polar surface area (TPSA) is 55.3 Å². The molecular formula is C15H17N3O2. The van der Waals surface area contributed by atoms with E-state index in [4.69, 9.17) is 4.74 Å². The van der Waals surface area contributed by atoms with Crippen LogP contribution in [0.1, 0.15) is 23.8 Å². The highest BCUT2D eigenvalue weighted by atomic mass is 16.5. The van der Waals surface area contributed by atoms with Crippen molar-refractivity contribution in [2.75, 3.05) is 19.7 Å². The van der Waals surface area contributed by atoms with E-state index in [1.165, 1.54) is 0 Å². The van der Waals surface area contributed by atoms with Crippen LogP contribution in [0.3, 0.4) is 0 Å². The van der Waals surface area contributed by atoms with Crippen LogP contribution in [0.5, 0.6) is 0 Å². The Hall–Kier alpha value is -2.01. The van der Waals surface area contributed by atoms with Crippen molar-refractivity contribution in [3.63, 3.8) is 0 Å². The molecule has 2 heterocycles. The van der Waals surface area contributed by atoms with Gasteiger partial charge in [0.05, 0.1) is 29.9 Å². The third-order valence-corrected chi connectivity index (χ3v) is 3.55. The van der Waals surface area contributed by atoms with Crippen molar-refractivity contribution >= 4 is 16.9 Å². The molecule has 5 nitrogen and oxygen atoms in total. The third kappa shape index (κ3) is 2.49. The molecule has 0 saturated carbocycles. The number of benzene rings is 1. The summed E-state index contributed by atoms with van der Waals surface area (Å²) < 4.78 is 5.58. The van der Waals surface area contributed by atoms with Gasteiger partial charge in [-0.25, -0.2) is 4.98 Å². The Morgan fingerprint density at radius 1 is 1.40 bits per heavy atom. The Kier molecular flexibility index (Phi) is 3.60. The van der Waals surface area contributed by atoms with Crippen LogP contribution in [-0.4, -0.2) is 46.6 Å². The van der Waals surface area contributed by atoms with Crippen molar-refractivity contribution in [2.24, 2.45) is 0 Å². The van der Waals surface area contributed by atoms with Crippen LogP contribution >= 0.6 is 0 Å². The summed E-state index contributed by atoms with van der Waals surface area (Å²) in [7, 11) is 0. The zero-order valence-electron chi connectivity index (χ0n) is 11.5. The minimum atomic E-state index is -0.0648. The van der Waals surface area contributed by atoms with E-state index >= 15 is 0 Å². The Morgan fingerprint density at radius 2 is 2.20 bits per heavy atom. The number of nitrogens with zero attached hydrogens (tertiary/aromatic N) is 3. The summed E-state index contributed by atoms with van der Waals surface area (Å²) in [6, 6.07) is 7.56. The molecule has 104 valence electrons. The molecule has 0 bridgehead atoms. The van der Waals surface area contributed by atoms with Gasteiger partial charge in [0.15, 0.2) is 0 Å². The largest absolute Gasteiger partial charge is 0.375 e. The Bertz CT molecular complexity index is 629. The molecule has 0 aliphatic carbocycles. The fourth-order valence-electron chi connectivity index (χ4n) is 2.37. The van der Waals surface area contributed by atoms with Crippen LogP contribution < -0.4 is 0 Å². The second-order valence-electron chi connectivity index (χ2n) is 4.90. The Morgan fingerprint density at radius 3 is 3.00 bits per heavy atom. The van der Waals surface area contributed by atoms with E-state index in [0.717, 1.165) is 17.5 Å². The lowest BCUT2D eigenvalue weighted by atomic mass is 10.2. The average molecular weight is 271 g/mol. The molecule has 0 radical (unpaired) electrons. The van der Waals surface area contributed by atoms with Crippen LogP contribution in [0.2, 0.25) is 0 Å². The molecule has 1 aromatic heterocycles. The molecule has 20 heavy (non-hydrogen) atoms. The molecule has 0 spiro atoms. The van der Waals surface area contributed by atoms with Gasteiger partial charge in [-0.2, -0.15) is 0 Å². The second-order valence-corrected chi connectivity index (χ2v) is 4.90. The van der Waals surface area contributed by atoms with Gasteiger partial charge in [-0.15, -0.1) is 0 Å². The van der Waals surface area contributed by atoms with Crippen molar-refractivity contribution in [2.45, 2.75) is 19.4 Å². The molecule has 5 heteroatoms. The SMILES string of the molecule is CCC1CN(C(=O)c2cnc3ccccc3n2)CCO1. The van der Waals surface area contributed by atoms with E-state index in [1.54, 1.807) is 11.1 Å². The van der Waals surface area contributed by atoms with Gasteiger partial charge in [0.2, 0.25) is 0 Å². The number of carbonyl (C=O) groups is 1. The van der Waals surface area contributed by atoms with Crippen LogP contribution in [-0.2, 0) is 4.74 Å². The first-order valence-corrected chi connectivity index (χ1v) is 6.90. The number of hydrogen-bond acceptors (Lipinski definition) is 4.